The van der Waals surface area contributed by atoms with Crippen LogP contribution in [-0.2, 0) is 19.1 Å². The molecule has 0 aromatic heterocycles. The van der Waals surface area contributed by atoms with Gasteiger partial charge in [0.1, 0.15) is 6.04 Å². The number of piperidine rings is 1. The van der Waals surface area contributed by atoms with E-state index in [4.69, 9.17) is 4.74 Å². The molecule has 7 heteroatoms. The number of hydrogen-bond donors (Lipinski definition) is 1. The predicted molar refractivity (Wildman–Crippen MR) is 137 cm³/mol. The van der Waals surface area contributed by atoms with Crippen LogP contribution in [0.1, 0.15) is 87.5 Å². The molecule has 1 aliphatic heterocycles. The number of likely N-dealkylation sites (N-methyl/N-ethyl adjacent to an activating group) is 1. The van der Waals surface area contributed by atoms with E-state index in [2.05, 4.69) is 24.1 Å². The molecule has 1 N–H and O–H groups in total. The van der Waals surface area contributed by atoms with Crippen molar-refractivity contribution in [2.75, 3.05) is 20.2 Å². The Morgan fingerprint density at radius 3 is 2.26 bits per heavy atom. The average molecular weight is 480 g/mol. The van der Waals surface area contributed by atoms with Crippen LogP contribution in [0.5, 0.6) is 0 Å². The Balaban J connectivity index is 3.13. The van der Waals surface area contributed by atoms with Gasteiger partial charge in [-0.2, -0.15) is 0 Å². The molecule has 0 spiro atoms. The zero-order valence-electron chi connectivity index (χ0n) is 23.0. The first-order valence-corrected chi connectivity index (χ1v) is 13.2. The molecule has 0 bridgehead atoms. The monoisotopic (exact) mass is 479 g/mol. The number of nitrogens with one attached hydrogen (secondary N) is 1. The largest absolute Gasteiger partial charge is 0.463 e. The topological polar surface area (TPSA) is 79.0 Å². The molecule has 1 unspecified atom stereocenters. The molecule has 0 radical (unpaired) electrons. The van der Waals surface area contributed by atoms with Crippen molar-refractivity contribution in [1.29, 1.82) is 0 Å². The first-order valence-electron chi connectivity index (χ1n) is 13.2. The van der Waals surface area contributed by atoms with Gasteiger partial charge in [-0.15, -0.1) is 0 Å². The lowest BCUT2D eigenvalue weighted by molar-refractivity contribution is -0.141. The number of rotatable bonds is 12. The van der Waals surface area contributed by atoms with Crippen molar-refractivity contribution in [3.05, 3.63) is 11.6 Å². The summed E-state index contributed by atoms with van der Waals surface area (Å²) in [5.41, 5.74) is 0.482. The second kappa shape index (κ2) is 14.5. The van der Waals surface area contributed by atoms with Crippen LogP contribution in [0.4, 0.5) is 0 Å². The summed E-state index contributed by atoms with van der Waals surface area (Å²) in [7, 11) is 1.76. The normalized spacial score (nSPS) is 20.9. The fraction of sp³-hybridized carbons (Fsp3) is 0.815. The molecule has 34 heavy (non-hydrogen) atoms. The van der Waals surface area contributed by atoms with Gasteiger partial charge in [0.05, 0.1) is 18.7 Å². The van der Waals surface area contributed by atoms with E-state index in [-0.39, 0.29) is 41.7 Å². The molecule has 7 nitrogen and oxygen atoms in total. The van der Waals surface area contributed by atoms with Crippen LogP contribution in [0.3, 0.4) is 0 Å². The Labute approximate surface area is 207 Å². The summed E-state index contributed by atoms with van der Waals surface area (Å²) in [6, 6.07) is -0.759. The van der Waals surface area contributed by atoms with E-state index in [9.17, 15) is 14.4 Å². The highest BCUT2D eigenvalue weighted by Gasteiger charge is 2.36. The van der Waals surface area contributed by atoms with E-state index in [0.717, 1.165) is 38.6 Å². The number of likely N-dealkylation sites (tertiary alicyclic amines) is 1. The predicted octanol–water partition coefficient (Wildman–Crippen LogP) is 4.16. The molecule has 196 valence electrons. The van der Waals surface area contributed by atoms with Crippen LogP contribution < -0.4 is 5.32 Å². The second-order valence-corrected chi connectivity index (χ2v) is 10.1. The molecule has 1 aliphatic rings. The van der Waals surface area contributed by atoms with E-state index in [1.165, 1.54) is 0 Å². The maximum atomic E-state index is 13.7. The maximum Gasteiger partial charge on any atom is 0.333 e. The molecule has 0 aliphatic carbocycles. The zero-order valence-corrected chi connectivity index (χ0v) is 23.0. The quantitative estimate of drug-likeness (QED) is 0.336. The van der Waals surface area contributed by atoms with E-state index in [1.54, 1.807) is 25.8 Å². The number of carbonyl (C=O) groups is 3. The lowest BCUT2D eigenvalue weighted by atomic mass is 9.93. The zero-order chi connectivity index (χ0) is 26.0. The van der Waals surface area contributed by atoms with Gasteiger partial charge in [-0.3, -0.25) is 14.5 Å². The van der Waals surface area contributed by atoms with Crippen LogP contribution >= 0.6 is 0 Å². The van der Waals surface area contributed by atoms with E-state index in [1.807, 2.05) is 33.8 Å². The van der Waals surface area contributed by atoms with Crippen LogP contribution in [0.15, 0.2) is 11.6 Å². The summed E-state index contributed by atoms with van der Waals surface area (Å²) in [6.07, 6.45) is 6.52. The molecule has 2 amide bonds. The molecule has 1 saturated heterocycles. The van der Waals surface area contributed by atoms with E-state index in [0.29, 0.717) is 18.2 Å². The first kappa shape index (κ1) is 30.1. The van der Waals surface area contributed by atoms with Crippen molar-refractivity contribution in [3.8, 4) is 0 Å². The van der Waals surface area contributed by atoms with Crippen molar-refractivity contribution in [2.45, 2.75) is 112 Å². The number of amides is 2. The lowest BCUT2D eigenvalue weighted by Gasteiger charge is -2.40. The Hall–Kier alpha value is -1.89. The van der Waals surface area contributed by atoms with Gasteiger partial charge in [-0.05, 0) is 58.4 Å². The minimum Gasteiger partial charge on any atom is -0.463 e. The van der Waals surface area contributed by atoms with Gasteiger partial charge in [0, 0.05) is 18.7 Å². The summed E-state index contributed by atoms with van der Waals surface area (Å²) in [6.45, 7) is 17.1. The Morgan fingerprint density at radius 1 is 1.09 bits per heavy atom. The first-order chi connectivity index (χ1) is 16.0. The molecule has 1 fully saturated rings. The summed E-state index contributed by atoms with van der Waals surface area (Å²) < 4.78 is 5.11. The Kier molecular flexibility index (Phi) is 12.9. The molecular weight excluding hydrogens is 430 g/mol. The van der Waals surface area contributed by atoms with Gasteiger partial charge < -0.3 is 15.0 Å². The van der Waals surface area contributed by atoms with Gasteiger partial charge >= 0.3 is 5.97 Å². The van der Waals surface area contributed by atoms with Gasteiger partial charge in [0.15, 0.2) is 0 Å². The van der Waals surface area contributed by atoms with Crippen molar-refractivity contribution >= 4 is 17.8 Å². The molecule has 0 aromatic carbocycles. The van der Waals surface area contributed by atoms with E-state index < -0.39 is 6.04 Å². The van der Waals surface area contributed by atoms with Crippen LogP contribution in [-0.4, -0.2) is 72.0 Å². The Morgan fingerprint density at radius 2 is 1.74 bits per heavy atom. The molecule has 5 atom stereocenters. The minimum absolute atomic E-state index is 0.0116. The van der Waals surface area contributed by atoms with Crippen LogP contribution in [0.2, 0.25) is 0 Å². The number of esters is 1. The third-order valence-corrected chi connectivity index (χ3v) is 7.28. The molecule has 0 aromatic rings. The molecule has 0 saturated carbocycles. The SMILES string of the molecule is CCOC(=O)C(C)=C[C@H](C(C)C)N(C)C(=O)[C@@H](NC(=O)[C@H]1CCCCN1C(C)CC)[C@@H](C)CC. The summed E-state index contributed by atoms with van der Waals surface area (Å²) >= 11 is 0. The highest BCUT2D eigenvalue weighted by Crippen LogP contribution is 2.23. The van der Waals surface area contributed by atoms with Crippen LogP contribution in [0, 0.1) is 11.8 Å². The van der Waals surface area contributed by atoms with Crippen molar-refractivity contribution < 1.29 is 19.1 Å². The van der Waals surface area contributed by atoms with Gasteiger partial charge in [0.25, 0.3) is 0 Å². The fourth-order valence-electron chi connectivity index (χ4n) is 4.62. The average Bonchev–Trinajstić information content (AvgIpc) is 2.83. The smallest absolute Gasteiger partial charge is 0.333 e. The standard InChI is InChI=1S/C27H49N3O4/c1-10-19(6)24(28-25(31)22-15-13-14-16-30(22)21(8)11-2)26(32)29(9)23(18(4)5)17-20(7)27(33)34-12-3/h17-19,21-24H,10-16H2,1-9H3,(H,28,31)/t19-,21?,22+,23+,24-/m0/s1. The lowest BCUT2D eigenvalue weighted by Crippen LogP contribution is -2.59. The highest BCUT2D eigenvalue weighted by atomic mass is 16.5. The number of nitrogens with zero attached hydrogens (tertiary/aromatic N) is 2. The number of carbonyl (C=O) groups excluding carboxylic acids is 3. The van der Waals surface area contributed by atoms with Gasteiger partial charge in [-0.25, -0.2) is 4.79 Å². The molecule has 1 rings (SSSR count). The number of hydrogen-bond acceptors (Lipinski definition) is 5. The van der Waals surface area contributed by atoms with E-state index >= 15 is 0 Å². The molecule has 1 heterocycles. The maximum absolute atomic E-state index is 13.7. The summed E-state index contributed by atoms with van der Waals surface area (Å²) in [5.74, 6) is -0.469. The third-order valence-electron chi connectivity index (χ3n) is 7.28. The highest BCUT2D eigenvalue weighted by molar-refractivity contribution is 5.91. The second-order valence-electron chi connectivity index (χ2n) is 10.1. The minimum atomic E-state index is -0.610. The van der Waals surface area contributed by atoms with Crippen molar-refractivity contribution in [3.63, 3.8) is 0 Å². The summed E-state index contributed by atoms with van der Waals surface area (Å²) in [4.78, 5) is 43.3. The van der Waals surface area contributed by atoms with Crippen LogP contribution in [0.25, 0.3) is 0 Å². The van der Waals surface area contributed by atoms with Crippen molar-refractivity contribution in [2.24, 2.45) is 11.8 Å². The van der Waals surface area contributed by atoms with Crippen molar-refractivity contribution in [1.82, 2.24) is 15.1 Å². The van der Waals surface area contributed by atoms with Gasteiger partial charge in [-0.1, -0.05) is 53.5 Å². The third kappa shape index (κ3) is 8.10. The summed E-state index contributed by atoms with van der Waals surface area (Å²) in [5, 5.41) is 3.13. The number of ether oxygens (including phenoxy) is 1. The van der Waals surface area contributed by atoms with Gasteiger partial charge in [0.2, 0.25) is 11.8 Å². The fourth-order valence-corrected chi connectivity index (χ4v) is 4.62. The Bertz CT molecular complexity index is 706. The molecular formula is C27H49N3O4.